The lowest BCUT2D eigenvalue weighted by Crippen LogP contribution is -2.50. The molecule has 4 heterocycles. The second-order valence-corrected chi connectivity index (χ2v) is 9.45. The van der Waals surface area contributed by atoms with Crippen LogP contribution in [0, 0.1) is 11.7 Å². The fourth-order valence-electron chi connectivity index (χ4n) is 6.38. The molecule has 6 heteroatoms. The van der Waals surface area contributed by atoms with Crippen molar-refractivity contribution in [2.75, 3.05) is 38.1 Å². The quantitative estimate of drug-likeness (QED) is 0.820. The van der Waals surface area contributed by atoms with E-state index in [0.29, 0.717) is 24.6 Å². The molecule has 2 atom stereocenters. The maximum atomic E-state index is 13.8. The van der Waals surface area contributed by atoms with Crippen molar-refractivity contribution in [2.45, 2.75) is 62.9 Å². The van der Waals surface area contributed by atoms with Gasteiger partial charge in [0.05, 0.1) is 6.61 Å². The zero-order valence-electron chi connectivity index (χ0n) is 17.3. The van der Waals surface area contributed by atoms with Gasteiger partial charge < -0.3 is 19.9 Å². The molecule has 29 heavy (non-hydrogen) atoms. The SMILES string of the molecule is CCOC(=O)N1C2CCC1CC(CN1CCC3(CC1)CNc1ccc(F)cc13)C2.[HH]. The van der Waals surface area contributed by atoms with Gasteiger partial charge in [-0.3, -0.25) is 0 Å². The molecular weight excluding hydrogens is 369 g/mol. The molecule has 1 spiro atoms. The Hall–Kier alpha value is -1.82. The van der Waals surface area contributed by atoms with E-state index in [-0.39, 0.29) is 18.8 Å². The van der Waals surface area contributed by atoms with Crippen molar-refractivity contribution >= 4 is 11.8 Å². The molecule has 0 radical (unpaired) electrons. The van der Waals surface area contributed by atoms with E-state index in [9.17, 15) is 9.18 Å². The first kappa shape index (κ1) is 19.2. The van der Waals surface area contributed by atoms with Crippen LogP contribution in [-0.2, 0) is 10.2 Å². The van der Waals surface area contributed by atoms with Gasteiger partial charge in [-0.1, -0.05) is 0 Å². The molecule has 2 bridgehead atoms. The molecule has 0 aromatic heterocycles. The van der Waals surface area contributed by atoms with Crippen LogP contribution in [0.2, 0.25) is 0 Å². The van der Waals surface area contributed by atoms with E-state index in [1.54, 1.807) is 12.1 Å². The van der Waals surface area contributed by atoms with Crippen LogP contribution < -0.4 is 5.32 Å². The fraction of sp³-hybridized carbons (Fsp3) is 0.696. The number of carbonyl (C=O) groups excluding carboxylic acids is 1. The summed E-state index contributed by atoms with van der Waals surface area (Å²) in [6.07, 6.45) is 6.52. The molecule has 4 aliphatic heterocycles. The molecule has 3 fully saturated rings. The summed E-state index contributed by atoms with van der Waals surface area (Å²) in [5.74, 6) is 0.539. The smallest absolute Gasteiger partial charge is 0.410 e. The minimum Gasteiger partial charge on any atom is -0.450 e. The van der Waals surface area contributed by atoms with E-state index in [4.69, 9.17) is 4.74 Å². The summed E-state index contributed by atoms with van der Waals surface area (Å²) in [5.41, 5.74) is 2.39. The third kappa shape index (κ3) is 3.39. The zero-order valence-corrected chi connectivity index (χ0v) is 17.3. The van der Waals surface area contributed by atoms with Gasteiger partial charge in [0.15, 0.2) is 0 Å². The summed E-state index contributed by atoms with van der Waals surface area (Å²) in [4.78, 5) is 16.9. The molecule has 1 aromatic carbocycles. The van der Waals surface area contributed by atoms with Gasteiger partial charge in [-0.05, 0) is 88.2 Å². The number of hydrogen-bond acceptors (Lipinski definition) is 4. The number of rotatable bonds is 3. The van der Waals surface area contributed by atoms with E-state index in [1.807, 2.05) is 17.9 Å². The Bertz CT molecular complexity index is 770. The van der Waals surface area contributed by atoms with Crippen LogP contribution >= 0.6 is 0 Å². The van der Waals surface area contributed by atoms with Crippen LogP contribution in [0.3, 0.4) is 0 Å². The van der Waals surface area contributed by atoms with Gasteiger partial charge in [-0.15, -0.1) is 0 Å². The molecule has 3 saturated heterocycles. The van der Waals surface area contributed by atoms with Crippen LogP contribution in [0.25, 0.3) is 0 Å². The van der Waals surface area contributed by atoms with Gasteiger partial charge in [-0.2, -0.15) is 0 Å². The molecule has 2 unspecified atom stereocenters. The maximum Gasteiger partial charge on any atom is 0.410 e. The molecule has 0 saturated carbocycles. The van der Waals surface area contributed by atoms with Crippen LogP contribution in [0.4, 0.5) is 14.9 Å². The molecular formula is C23H34FN3O2. The number of hydrogen-bond donors (Lipinski definition) is 1. The van der Waals surface area contributed by atoms with E-state index in [1.165, 1.54) is 5.56 Å². The lowest BCUT2D eigenvalue weighted by Gasteiger charge is -2.43. The van der Waals surface area contributed by atoms with E-state index < -0.39 is 0 Å². The summed E-state index contributed by atoms with van der Waals surface area (Å²) in [6, 6.07) is 5.91. The summed E-state index contributed by atoms with van der Waals surface area (Å²) in [5, 5.41) is 3.50. The number of amides is 1. The van der Waals surface area contributed by atoms with E-state index >= 15 is 0 Å². The predicted octanol–water partition coefficient (Wildman–Crippen LogP) is 4.23. The van der Waals surface area contributed by atoms with Crippen molar-refractivity contribution in [2.24, 2.45) is 5.92 Å². The Morgan fingerprint density at radius 3 is 2.69 bits per heavy atom. The molecule has 1 N–H and O–H groups in total. The van der Waals surface area contributed by atoms with Gasteiger partial charge in [-0.25, -0.2) is 9.18 Å². The van der Waals surface area contributed by atoms with Crippen molar-refractivity contribution in [3.8, 4) is 0 Å². The maximum absolute atomic E-state index is 13.8. The van der Waals surface area contributed by atoms with Crippen LogP contribution in [0.1, 0.15) is 52.4 Å². The highest BCUT2D eigenvalue weighted by Crippen LogP contribution is 2.45. The Balaban J connectivity index is 0.00000218. The van der Waals surface area contributed by atoms with Crippen molar-refractivity contribution < 1.29 is 15.3 Å². The van der Waals surface area contributed by atoms with E-state index in [0.717, 1.165) is 70.4 Å². The van der Waals surface area contributed by atoms with Gasteiger partial charge in [0.25, 0.3) is 0 Å². The largest absolute Gasteiger partial charge is 0.450 e. The number of fused-ring (bicyclic) bond motifs is 4. The number of carbonyl (C=O) groups is 1. The molecule has 160 valence electrons. The van der Waals surface area contributed by atoms with Crippen molar-refractivity contribution in [1.29, 1.82) is 0 Å². The Morgan fingerprint density at radius 2 is 2.00 bits per heavy atom. The lowest BCUT2D eigenvalue weighted by molar-refractivity contribution is 0.0486. The second-order valence-electron chi connectivity index (χ2n) is 9.45. The molecule has 5 rings (SSSR count). The number of piperidine rings is 2. The summed E-state index contributed by atoms with van der Waals surface area (Å²) >= 11 is 0. The number of benzene rings is 1. The monoisotopic (exact) mass is 403 g/mol. The number of nitrogens with zero attached hydrogens (tertiary/aromatic N) is 2. The highest BCUT2D eigenvalue weighted by Gasteiger charge is 2.45. The summed E-state index contributed by atoms with van der Waals surface area (Å²) < 4.78 is 19.1. The molecule has 0 aliphatic carbocycles. The first-order chi connectivity index (χ1) is 14.1. The Kier molecular flexibility index (Phi) is 4.93. The highest BCUT2D eigenvalue weighted by atomic mass is 19.1. The van der Waals surface area contributed by atoms with Gasteiger partial charge in [0.1, 0.15) is 5.82 Å². The predicted molar refractivity (Wildman–Crippen MR) is 113 cm³/mol. The third-order valence-electron chi connectivity index (χ3n) is 7.81. The van der Waals surface area contributed by atoms with E-state index in [2.05, 4.69) is 10.2 Å². The number of halogens is 1. The Labute approximate surface area is 174 Å². The molecule has 1 amide bonds. The standard InChI is InChI=1S/C23H32FN3O2.H2/c1-2-29-22(28)27-18-4-5-19(27)12-16(11-18)14-26-9-7-23(8-10-26)15-25-21-6-3-17(24)13-20(21)23;/h3,6,13,16,18-19,25H,2,4-5,7-12,14-15H2,1H3;1H. The number of anilines is 1. The number of ether oxygens (including phenoxy) is 1. The topological polar surface area (TPSA) is 44.8 Å². The molecule has 5 nitrogen and oxygen atoms in total. The minimum absolute atomic E-state index is 0. The third-order valence-corrected chi connectivity index (χ3v) is 7.81. The van der Waals surface area contributed by atoms with Crippen LogP contribution in [0.15, 0.2) is 18.2 Å². The first-order valence-corrected chi connectivity index (χ1v) is 11.3. The average Bonchev–Trinajstić information content (AvgIpc) is 3.19. The second kappa shape index (κ2) is 7.46. The normalized spacial score (nSPS) is 30.3. The number of likely N-dealkylation sites (tertiary alicyclic amines) is 1. The molecule has 4 aliphatic rings. The van der Waals surface area contributed by atoms with Crippen LogP contribution in [-0.4, -0.2) is 60.8 Å². The Morgan fingerprint density at radius 1 is 1.28 bits per heavy atom. The number of nitrogens with one attached hydrogen (secondary N) is 1. The van der Waals surface area contributed by atoms with Crippen molar-refractivity contribution in [1.82, 2.24) is 9.80 Å². The minimum atomic E-state index is -0.127. The summed E-state index contributed by atoms with van der Waals surface area (Å²) in [6.45, 7) is 6.54. The van der Waals surface area contributed by atoms with Gasteiger partial charge >= 0.3 is 6.09 Å². The van der Waals surface area contributed by atoms with Crippen molar-refractivity contribution in [3.63, 3.8) is 0 Å². The highest BCUT2D eigenvalue weighted by molar-refractivity contribution is 5.69. The molecule has 1 aromatic rings. The zero-order chi connectivity index (χ0) is 20.0. The van der Waals surface area contributed by atoms with Gasteiger partial charge in [0.2, 0.25) is 0 Å². The first-order valence-electron chi connectivity index (χ1n) is 11.3. The van der Waals surface area contributed by atoms with Gasteiger partial charge in [0, 0.05) is 37.7 Å². The lowest BCUT2D eigenvalue weighted by atomic mass is 9.74. The fourth-order valence-corrected chi connectivity index (χ4v) is 6.38. The van der Waals surface area contributed by atoms with Crippen LogP contribution in [0.5, 0.6) is 0 Å². The summed E-state index contributed by atoms with van der Waals surface area (Å²) in [7, 11) is 0. The van der Waals surface area contributed by atoms with Crippen molar-refractivity contribution in [3.05, 3.63) is 29.6 Å². The average molecular weight is 404 g/mol.